The van der Waals surface area contributed by atoms with E-state index in [-0.39, 0.29) is 22.7 Å². The Morgan fingerprint density at radius 3 is 2.76 bits per heavy atom. The van der Waals surface area contributed by atoms with Crippen molar-refractivity contribution in [3.63, 3.8) is 0 Å². The molecule has 1 aliphatic heterocycles. The molecule has 1 N–H and O–H groups in total. The number of hydrogen-bond acceptors (Lipinski definition) is 5. The van der Waals surface area contributed by atoms with E-state index in [0.29, 0.717) is 17.4 Å². The monoisotopic (exact) mass is 307 g/mol. The number of fused-ring (bicyclic) bond motifs is 1. The van der Waals surface area contributed by atoms with Crippen LogP contribution in [0.25, 0.3) is 11.0 Å². The van der Waals surface area contributed by atoms with Crippen molar-refractivity contribution in [2.45, 2.75) is 12.5 Å². The van der Waals surface area contributed by atoms with Crippen molar-refractivity contribution in [3.8, 4) is 0 Å². The average molecular weight is 307 g/mol. The molecule has 0 bridgehead atoms. The Morgan fingerprint density at radius 2 is 2.05 bits per heavy atom. The normalized spacial score (nSPS) is 20.5. The predicted molar refractivity (Wildman–Crippen MR) is 77.0 cm³/mol. The molecule has 7 heteroatoms. The lowest BCUT2D eigenvalue weighted by Crippen LogP contribution is -2.35. The molecular formula is C14H13NO5S. The number of carbonyl (C=O) groups excluding carboxylic acids is 1. The smallest absolute Gasteiger partial charge is 0.287 e. The summed E-state index contributed by atoms with van der Waals surface area (Å²) in [7, 11) is -3.07. The summed E-state index contributed by atoms with van der Waals surface area (Å²) in [4.78, 5) is 24.0. The van der Waals surface area contributed by atoms with E-state index in [1.165, 1.54) is 0 Å². The summed E-state index contributed by atoms with van der Waals surface area (Å²) in [5, 5.41) is 2.99. The van der Waals surface area contributed by atoms with Crippen molar-refractivity contribution >= 4 is 26.7 Å². The summed E-state index contributed by atoms with van der Waals surface area (Å²) in [6.07, 6.45) is 0.381. The quantitative estimate of drug-likeness (QED) is 0.882. The summed E-state index contributed by atoms with van der Waals surface area (Å²) in [6.45, 7) is 0. The first-order valence-corrected chi connectivity index (χ1v) is 8.31. The first-order valence-electron chi connectivity index (χ1n) is 6.49. The zero-order chi connectivity index (χ0) is 15.0. The Labute approximate surface area is 120 Å². The standard InChI is InChI=1S/C14H13NO5S/c16-11-7-13(20-12-4-2-1-3-10(11)12)14(17)15-9-5-6-21(18,19)8-9/h1-4,7,9H,5-6,8H2,(H,15,17)/t9-/m1/s1. The second kappa shape index (κ2) is 5.00. The van der Waals surface area contributed by atoms with E-state index in [0.717, 1.165) is 6.07 Å². The Morgan fingerprint density at radius 1 is 1.29 bits per heavy atom. The zero-order valence-corrected chi connectivity index (χ0v) is 11.9. The van der Waals surface area contributed by atoms with Crippen molar-refractivity contribution in [2.75, 3.05) is 11.5 Å². The number of para-hydroxylation sites is 1. The number of carbonyl (C=O) groups is 1. The third-order valence-electron chi connectivity index (χ3n) is 3.43. The maximum Gasteiger partial charge on any atom is 0.287 e. The Hall–Kier alpha value is -2.15. The molecule has 1 aromatic carbocycles. The molecular weight excluding hydrogens is 294 g/mol. The molecule has 110 valence electrons. The topological polar surface area (TPSA) is 93.5 Å². The molecule has 21 heavy (non-hydrogen) atoms. The van der Waals surface area contributed by atoms with Gasteiger partial charge >= 0.3 is 0 Å². The summed E-state index contributed by atoms with van der Waals surface area (Å²) < 4.78 is 28.1. The number of amides is 1. The number of rotatable bonds is 2. The predicted octanol–water partition coefficient (Wildman–Crippen LogP) is 0.710. The minimum Gasteiger partial charge on any atom is -0.451 e. The maximum absolute atomic E-state index is 12.1. The lowest BCUT2D eigenvalue weighted by atomic mass is 10.2. The molecule has 0 radical (unpaired) electrons. The summed E-state index contributed by atoms with van der Waals surface area (Å²) >= 11 is 0. The first-order chi connectivity index (χ1) is 9.94. The second-order valence-corrected chi connectivity index (χ2v) is 7.27. The van der Waals surface area contributed by atoms with Crippen LogP contribution in [0.3, 0.4) is 0 Å². The lowest BCUT2D eigenvalue weighted by Gasteiger charge is -2.10. The third-order valence-corrected chi connectivity index (χ3v) is 5.19. The van der Waals surface area contributed by atoms with E-state index in [1.54, 1.807) is 24.3 Å². The van der Waals surface area contributed by atoms with Crippen LogP contribution in [0, 0.1) is 0 Å². The summed E-state index contributed by atoms with van der Waals surface area (Å²) in [6, 6.07) is 7.33. The van der Waals surface area contributed by atoms with Crippen LogP contribution < -0.4 is 10.7 Å². The van der Waals surface area contributed by atoms with Gasteiger partial charge in [0.25, 0.3) is 5.91 Å². The van der Waals surface area contributed by atoms with Gasteiger partial charge in [-0.3, -0.25) is 9.59 Å². The highest BCUT2D eigenvalue weighted by Crippen LogP contribution is 2.14. The third kappa shape index (κ3) is 2.82. The van der Waals surface area contributed by atoms with Crippen LogP contribution >= 0.6 is 0 Å². The van der Waals surface area contributed by atoms with Crippen molar-refractivity contribution in [3.05, 3.63) is 46.3 Å². The van der Waals surface area contributed by atoms with Gasteiger partial charge in [-0.15, -0.1) is 0 Å². The van der Waals surface area contributed by atoms with Gasteiger partial charge in [-0.25, -0.2) is 8.42 Å². The van der Waals surface area contributed by atoms with Crippen LogP contribution in [0.2, 0.25) is 0 Å². The molecule has 2 heterocycles. The fourth-order valence-corrected chi connectivity index (χ4v) is 4.05. The van der Waals surface area contributed by atoms with Crippen molar-refractivity contribution in [1.82, 2.24) is 5.32 Å². The van der Waals surface area contributed by atoms with Crippen LogP contribution in [-0.2, 0) is 9.84 Å². The molecule has 1 amide bonds. The highest BCUT2D eigenvalue weighted by Gasteiger charge is 2.29. The minimum atomic E-state index is -3.07. The SMILES string of the molecule is O=C(N[C@@H]1CCS(=O)(=O)C1)c1cc(=O)c2ccccc2o1. The molecule has 0 spiro atoms. The Bertz CT molecular complexity index is 868. The molecule has 1 atom stereocenters. The van der Waals surface area contributed by atoms with Gasteiger partial charge in [0, 0.05) is 12.1 Å². The van der Waals surface area contributed by atoms with E-state index in [2.05, 4.69) is 5.32 Å². The van der Waals surface area contributed by atoms with Crippen molar-refractivity contribution in [1.29, 1.82) is 0 Å². The van der Waals surface area contributed by atoms with Crippen LogP contribution in [-0.4, -0.2) is 31.9 Å². The van der Waals surface area contributed by atoms with Gasteiger partial charge < -0.3 is 9.73 Å². The van der Waals surface area contributed by atoms with Gasteiger partial charge in [-0.1, -0.05) is 12.1 Å². The fraction of sp³-hybridized carbons (Fsp3) is 0.286. The van der Waals surface area contributed by atoms with Gasteiger partial charge in [-0.05, 0) is 18.6 Å². The van der Waals surface area contributed by atoms with Crippen molar-refractivity contribution < 1.29 is 17.6 Å². The van der Waals surface area contributed by atoms with Crippen LogP contribution in [0.4, 0.5) is 0 Å². The molecule has 1 saturated heterocycles. The molecule has 1 aromatic heterocycles. The first kappa shape index (κ1) is 13.8. The largest absolute Gasteiger partial charge is 0.451 e. The molecule has 2 aromatic rings. The number of sulfone groups is 1. The van der Waals surface area contributed by atoms with Gasteiger partial charge in [0.05, 0.1) is 16.9 Å². The van der Waals surface area contributed by atoms with E-state index in [1.807, 2.05) is 0 Å². The molecule has 0 saturated carbocycles. The Balaban J connectivity index is 1.87. The fourth-order valence-electron chi connectivity index (χ4n) is 2.38. The number of nitrogens with one attached hydrogen (secondary N) is 1. The molecule has 3 rings (SSSR count). The maximum atomic E-state index is 12.1. The molecule has 6 nitrogen and oxygen atoms in total. The van der Waals surface area contributed by atoms with Gasteiger partial charge in [0.2, 0.25) is 0 Å². The molecule has 1 fully saturated rings. The zero-order valence-electron chi connectivity index (χ0n) is 11.0. The molecule has 1 aliphatic rings. The highest BCUT2D eigenvalue weighted by molar-refractivity contribution is 7.91. The summed E-state index contributed by atoms with van der Waals surface area (Å²) in [5.74, 6) is -0.682. The molecule has 0 unspecified atom stereocenters. The second-order valence-electron chi connectivity index (χ2n) is 5.04. The van der Waals surface area contributed by atoms with Crippen LogP contribution in [0.5, 0.6) is 0 Å². The highest BCUT2D eigenvalue weighted by atomic mass is 32.2. The van der Waals surface area contributed by atoms with E-state index in [4.69, 9.17) is 4.42 Å². The van der Waals surface area contributed by atoms with Crippen LogP contribution in [0.1, 0.15) is 17.0 Å². The Kier molecular flexibility index (Phi) is 3.29. The number of hydrogen-bond donors (Lipinski definition) is 1. The van der Waals surface area contributed by atoms with Gasteiger partial charge in [-0.2, -0.15) is 0 Å². The van der Waals surface area contributed by atoms with E-state index in [9.17, 15) is 18.0 Å². The van der Waals surface area contributed by atoms with E-state index >= 15 is 0 Å². The van der Waals surface area contributed by atoms with E-state index < -0.39 is 21.8 Å². The van der Waals surface area contributed by atoms with Gasteiger partial charge in [0.1, 0.15) is 5.58 Å². The summed E-state index contributed by atoms with van der Waals surface area (Å²) in [5.41, 5.74) is 0.0234. The average Bonchev–Trinajstić information content (AvgIpc) is 2.78. The van der Waals surface area contributed by atoms with Gasteiger partial charge in [0.15, 0.2) is 21.0 Å². The lowest BCUT2D eigenvalue weighted by molar-refractivity contribution is 0.0913. The molecule has 0 aliphatic carbocycles. The minimum absolute atomic E-state index is 0.0691. The van der Waals surface area contributed by atoms with Crippen LogP contribution in [0.15, 0.2) is 39.5 Å². The number of benzene rings is 1. The van der Waals surface area contributed by atoms with Crippen molar-refractivity contribution in [2.24, 2.45) is 0 Å².